The van der Waals surface area contributed by atoms with Crippen LogP contribution in [-0.2, 0) is 6.42 Å². The Hall–Kier alpha value is -3.97. The first-order chi connectivity index (χ1) is 19.4. The van der Waals surface area contributed by atoms with Crippen LogP contribution >= 0.6 is 11.6 Å². The Morgan fingerprint density at radius 1 is 0.975 bits per heavy atom. The second-order valence-corrected chi connectivity index (χ2v) is 10.7. The molecule has 4 aromatic rings. The number of aromatic amines is 1. The molecule has 208 valence electrons. The number of fused-ring (bicyclic) bond motifs is 1. The molecule has 1 N–H and O–H groups in total. The molecule has 3 aromatic carbocycles. The van der Waals surface area contributed by atoms with Crippen LogP contribution in [0.2, 0.25) is 5.02 Å². The molecule has 1 amide bonds. The maximum atomic E-state index is 13.8. The molecule has 1 atom stereocenters. The fraction of sp³-hybridized carbons (Fsp3) is 0.312. The molecule has 1 aliphatic heterocycles. The van der Waals surface area contributed by atoms with Crippen LogP contribution in [-0.4, -0.2) is 48.4 Å². The minimum atomic E-state index is -0.358. The van der Waals surface area contributed by atoms with Crippen LogP contribution in [0.5, 0.6) is 17.2 Å². The van der Waals surface area contributed by atoms with E-state index in [0.717, 1.165) is 40.1 Å². The lowest BCUT2D eigenvalue weighted by Crippen LogP contribution is -2.31. The van der Waals surface area contributed by atoms with E-state index in [1.165, 1.54) is 0 Å². The van der Waals surface area contributed by atoms with Gasteiger partial charge in [-0.3, -0.25) is 9.89 Å². The number of hydrogen-bond donors (Lipinski definition) is 1. The summed E-state index contributed by atoms with van der Waals surface area (Å²) in [5.41, 5.74) is 5.00. The zero-order chi connectivity index (χ0) is 28.2. The number of rotatable bonds is 11. The van der Waals surface area contributed by atoms with Gasteiger partial charge in [0.05, 0.1) is 32.6 Å². The summed E-state index contributed by atoms with van der Waals surface area (Å²) in [7, 11) is 3.29. The molecule has 0 saturated heterocycles. The molecule has 1 aromatic heterocycles. The van der Waals surface area contributed by atoms with Crippen molar-refractivity contribution in [2.75, 3.05) is 27.4 Å². The average Bonchev–Trinajstić information content (AvgIpc) is 3.51. The van der Waals surface area contributed by atoms with Gasteiger partial charge in [0.2, 0.25) is 0 Å². The Bertz CT molecular complexity index is 1460. The van der Waals surface area contributed by atoms with Gasteiger partial charge in [-0.15, -0.1) is 0 Å². The molecular weight excluding hydrogens is 526 g/mol. The van der Waals surface area contributed by atoms with Gasteiger partial charge in [-0.05, 0) is 66.3 Å². The number of hydrogen-bond acceptors (Lipinski definition) is 5. The topological polar surface area (TPSA) is 76.7 Å². The lowest BCUT2D eigenvalue weighted by molar-refractivity contribution is 0.0745. The highest BCUT2D eigenvalue weighted by atomic mass is 35.5. The van der Waals surface area contributed by atoms with Crippen molar-refractivity contribution in [2.24, 2.45) is 5.92 Å². The van der Waals surface area contributed by atoms with Crippen molar-refractivity contribution >= 4 is 17.5 Å². The Morgan fingerprint density at radius 2 is 1.73 bits per heavy atom. The lowest BCUT2D eigenvalue weighted by atomic mass is 9.95. The molecule has 1 unspecified atom stereocenters. The Morgan fingerprint density at radius 3 is 2.40 bits per heavy atom. The number of H-pyrrole nitrogens is 1. The molecule has 8 heteroatoms. The maximum absolute atomic E-state index is 13.8. The van der Waals surface area contributed by atoms with Crippen LogP contribution in [0.25, 0.3) is 11.3 Å². The summed E-state index contributed by atoms with van der Waals surface area (Å²) in [5, 5.41) is 8.23. The van der Waals surface area contributed by atoms with Crippen LogP contribution in [0.1, 0.15) is 53.5 Å². The van der Waals surface area contributed by atoms with Gasteiger partial charge in [0.1, 0.15) is 11.4 Å². The van der Waals surface area contributed by atoms with Crippen LogP contribution in [0.3, 0.4) is 0 Å². The van der Waals surface area contributed by atoms with E-state index in [1.54, 1.807) is 14.2 Å². The largest absolute Gasteiger partial charge is 0.497 e. The van der Waals surface area contributed by atoms with Gasteiger partial charge in [-0.2, -0.15) is 5.10 Å². The number of methoxy groups -OCH3 is 2. The van der Waals surface area contributed by atoms with Crippen LogP contribution in [0.4, 0.5) is 0 Å². The van der Waals surface area contributed by atoms with E-state index in [-0.39, 0.29) is 11.9 Å². The fourth-order valence-electron chi connectivity index (χ4n) is 5.02. The molecule has 0 saturated carbocycles. The van der Waals surface area contributed by atoms with Crippen molar-refractivity contribution < 1.29 is 19.0 Å². The standard InChI is InChI=1S/C32H34ClN3O4/c1-20(2)16-18-40-26-14-9-23(19-27(26)39-4)31-28-29(22-7-10-24(33)11-8-22)34-35-30(28)32(37)36(31)17-15-21-5-12-25(38-3)13-6-21/h5-14,19-20,31H,15-18H2,1-4H3,(H,34,35). The number of nitrogens with one attached hydrogen (secondary N) is 1. The van der Waals surface area contributed by atoms with Gasteiger partial charge in [-0.25, -0.2) is 0 Å². The molecule has 0 radical (unpaired) electrons. The quantitative estimate of drug-likeness (QED) is 0.215. The highest BCUT2D eigenvalue weighted by Gasteiger charge is 2.42. The number of nitrogens with zero attached hydrogens (tertiary/aromatic N) is 2. The van der Waals surface area contributed by atoms with E-state index in [1.807, 2.05) is 71.6 Å². The summed E-state index contributed by atoms with van der Waals surface area (Å²) in [6.45, 7) is 5.47. The Balaban J connectivity index is 1.52. The third kappa shape index (κ3) is 5.65. The smallest absolute Gasteiger partial charge is 0.273 e. The molecule has 40 heavy (non-hydrogen) atoms. The maximum Gasteiger partial charge on any atom is 0.273 e. The number of benzene rings is 3. The molecule has 7 nitrogen and oxygen atoms in total. The van der Waals surface area contributed by atoms with Gasteiger partial charge >= 0.3 is 0 Å². The third-order valence-corrected chi connectivity index (χ3v) is 7.49. The molecule has 5 rings (SSSR count). The number of aromatic nitrogens is 2. The summed E-state index contributed by atoms with van der Waals surface area (Å²) in [5.74, 6) is 2.58. The Kier molecular flexibility index (Phi) is 8.31. The zero-order valence-corrected chi connectivity index (χ0v) is 24.0. The molecule has 2 heterocycles. The normalized spacial score (nSPS) is 14.5. The molecule has 0 spiro atoms. The predicted octanol–water partition coefficient (Wildman–Crippen LogP) is 6.96. The van der Waals surface area contributed by atoms with Crippen molar-refractivity contribution in [1.29, 1.82) is 0 Å². The first kappa shape index (κ1) is 27.6. The van der Waals surface area contributed by atoms with Gasteiger partial charge in [0.25, 0.3) is 5.91 Å². The highest BCUT2D eigenvalue weighted by Crippen LogP contribution is 2.44. The summed E-state index contributed by atoms with van der Waals surface area (Å²) in [6.07, 6.45) is 1.64. The van der Waals surface area contributed by atoms with Crippen LogP contribution in [0, 0.1) is 5.92 Å². The van der Waals surface area contributed by atoms with E-state index in [9.17, 15) is 4.79 Å². The number of carbonyl (C=O) groups excluding carboxylic acids is 1. The molecule has 1 aliphatic rings. The zero-order valence-electron chi connectivity index (χ0n) is 23.2. The molecular formula is C32H34ClN3O4. The van der Waals surface area contributed by atoms with Crippen LogP contribution in [0.15, 0.2) is 66.7 Å². The Labute approximate surface area is 240 Å². The summed E-state index contributed by atoms with van der Waals surface area (Å²) in [4.78, 5) is 15.7. The monoisotopic (exact) mass is 559 g/mol. The summed E-state index contributed by atoms with van der Waals surface area (Å²) >= 11 is 6.16. The minimum Gasteiger partial charge on any atom is -0.497 e. The number of carbonyl (C=O) groups is 1. The molecule has 0 fully saturated rings. The van der Waals surface area contributed by atoms with Gasteiger partial charge in [0, 0.05) is 22.7 Å². The predicted molar refractivity (Wildman–Crippen MR) is 157 cm³/mol. The lowest BCUT2D eigenvalue weighted by Gasteiger charge is -2.27. The van der Waals surface area contributed by atoms with Crippen molar-refractivity contribution in [2.45, 2.75) is 32.7 Å². The third-order valence-electron chi connectivity index (χ3n) is 7.24. The molecule has 0 bridgehead atoms. The fourth-order valence-corrected chi connectivity index (χ4v) is 5.15. The SMILES string of the molecule is COc1ccc(CCN2C(=O)c3[nH]nc(-c4ccc(Cl)cc4)c3C2c2ccc(OCCC(C)C)c(OC)c2)cc1. The number of halogens is 1. The van der Waals surface area contributed by atoms with E-state index in [4.69, 9.17) is 25.8 Å². The van der Waals surface area contributed by atoms with E-state index in [2.05, 4.69) is 24.0 Å². The van der Waals surface area contributed by atoms with E-state index in [0.29, 0.717) is 47.7 Å². The van der Waals surface area contributed by atoms with Crippen molar-refractivity contribution in [3.63, 3.8) is 0 Å². The van der Waals surface area contributed by atoms with E-state index < -0.39 is 0 Å². The second kappa shape index (κ2) is 12.0. The summed E-state index contributed by atoms with van der Waals surface area (Å²) < 4.78 is 17.1. The number of ether oxygens (including phenoxy) is 3. The highest BCUT2D eigenvalue weighted by molar-refractivity contribution is 6.30. The van der Waals surface area contributed by atoms with Crippen molar-refractivity contribution in [3.8, 4) is 28.5 Å². The first-order valence-corrected chi connectivity index (χ1v) is 13.9. The average molecular weight is 560 g/mol. The van der Waals surface area contributed by atoms with E-state index >= 15 is 0 Å². The van der Waals surface area contributed by atoms with Crippen molar-refractivity contribution in [3.05, 3.63) is 94.1 Å². The first-order valence-electron chi connectivity index (χ1n) is 13.5. The summed E-state index contributed by atoms with van der Waals surface area (Å²) in [6, 6.07) is 21.0. The van der Waals surface area contributed by atoms with Crippen molar-refractivity contribution in [1.82, 2.24) is 15.1 Å². The molecule has 0 aliphatic carbocycles. The second-order valence-electron chi connectivity index (χ2n) is 10.3. The van der Waals surface area contributed by atoms with Gasteiger partial charge in [0.15, 0.2) is 11.5 Å². The number of amides is 1. The van der Waals surface area contributed by atoms with Crippen LogP contribution < -0.4 is 14.2 Å². The van der Waals surface area contributed by atoms with Gasteiger partial charge in [-0.1, -0.05) is 55.8 Å². The van der Waals surface area contributed by atoms with Gasteiger partial charge < -0.3 is 19.1 Å². The minimum absolute atomic E-state index is 0.0857.